The second-order valence-corrected chi connectivity index (χ2v) is 5.13. The van der Waals surface area contributed by atoms with E-state index in [0.29, 0.717) is 6.42 Å². The molecule has 0 aromatic rings. The van der Waals surface area contributed by atoms with Crippen molar-refractivity contribution in [1.82, 2.24) is 10.2 Å². The lowest BCUT2D eigenvalue weighted by molar-refractivity contribution is -0.119. The third-order valence-corrected chi connectivity index (χ3v) is 3.49. The maximum atomic E-state index is 12.9. The van der Waals surface area contributed by atoms with Gasteiger partial charge in [-0.15, -0.1) is 0 Å². The summed E-state index contributed by atoms with van der Waals surface area (Å²) in [5.74, 6) is -0.537. The van der Waals surface area contributed by atoms with Gasteiger partial charge in [0.2, 0.25) is 0 Å². The molecule has 0 aromatic carbocycles. The molecule has 1 unspecified atom stereocenters. The normalized spacial score (nSPS) is 19.5. The molecule has 1 rings (SSSR count). The average molecular weight is 268 g/mol. The van der Waals surface area contributed by atoms with Crippen LogP contribution in [0.15, 0.2) is 23.7 Å². The molecule has 1 aliphatic heterocycles. The lowest BCUT2D eigenvalue weighted by atomic mass is 9.98. The molecule has 4 heteroatoms. The minimum absolute atomic E-state index is 0.0326. The highest BCUT2D eigenvalue weighted by Gasteiger charge is 2.12. The first-order valence-electron chi connectivity index (χ1n) is 6.97. The zero-order valence-corrected chi connectivity index (χ0v) is 12.2. The van der Waals surface area contributed by atoms with Gasteiger partial charge in [-0.25, -0.2) is 4.39 Å². The molecule has 19 heavy (non-hydrogen) atoms. The van der Waals surface area contributed by atoms with Gasteiger partial charge in [-0.2, -0.15) is 0 Å². The van der Waals surface area contributed by atoms with Crippen LogP contribution >= 0.6 is 0 Å². The molecular weight excluding hydrogens is 243 g/mol. The molecule has 1 saturated heterocycles. The number of carbonyl (C=O) groups is 1. The highest BCUT2D eigenvalue weighted by Crippen LogP contribution is 2.15. The maximum absolute atomic E-state index is 12.9. The van der Waals surface area contributed by atoms with Crippen LogP contribution in [0.3, 0.4) is 0 Å². The van der Waals surface area contributed by atoms with Gasteiger partial charge in [-0.05, 0) is 39.7 Å². The number of halogens is 1. The number of allylic oxidation sites excluding steroid dienone is 4. The van der Waals surface area contributed by atoms with E-state index in [0.717, 1.165) is 32.6 Å². The average Bonchev–Trinajstić information content (AvgIpc) is 2.37. The van der Waals surface area contributed by atoms with E-state index in [1.165, 1.54) is 25.6 Å². The predicted octanol–water partition coefficient (Wildman–Crippen LogP) is 2.65. The number of nitrogens with zero attached hydrogens (tertiary/aromatic N) is 1. The van der Waals surface area contributed by atoms with Crippen LogP contribution in [-0.2, 0) is 4.79 Å². The smallest absolute Gasteiger partial charge is 0.136 e. The Morgan fingerprint density at radius 3 is 2.47 bits per heavy atom. The molecule has 0 bridgehead atoms. The number of nitrogens with one attached hydrogen (secondary N) is 1. The van der Waals surface area contributed by atoms with E-state index in [1.807, 2.05) is 0 Å². The highest BCUT2D eigenvalue weighted by molar-refractivity contribution is 5.80. The molecule has 0 amide bonds. The molecule has 0 aliphatic carbocycles. The minimum atomic E-state index is -0.294. The van der Waals surface area contributed by atoms with Crippen LogP contribution in [0.4, 0.5) is 4.39 Å². The largest absolute Gasteiger partial charge is 0.373 e. The molecule has 0 saturated carbocycles. The van der Waals surface area contributed by atoms with Crippen molar-refractivity contribution in [3.8, 4) is 0 Å². The summed E-state index contributed by atoms with van der Waals surface area (Å²) in [6, 6.07) is 0. The fourth-order valence-corrected chi connectivity index (χ4v) is 2.30. The Morgan fingerprint density at radius 2 is 1.95 bits per heavy atom. The first kappa shape index (κ1) is 15.9. The van der Waals surface area contributed by atoms with Crippen molar-refractivity contribution in [2.24, 2.45) is 5.92 Å². The zero-order valence-electron chi connectivity index (χ0n) is 12.2. The number of hydrogen-bond donors (Lipinski definition) is 1. The SMILES string of the molecule is CC(=O)C(/C=C(\C)F)CC/C=C(\C)N1CCNCC1. The van der Waals surface area contributed by atoms with Crippen molar-refractivity contribution in [2.75, 3.05) is 26.2 Å². The summed E-state index contributed by atoms with van der Waals surface area (Å²) < 4.78 is 12.9. The third kappa shape index (κ3) is 6.01. The summed E-state index contributed by atoms with van der Waals surface area (Å²) in [6.45, 7) is 9.11. The fraction of sp³-hybridized carbons (Fsp3) is 0.667. The third-order valence-electron chi connectivity index (χ3n) is 3.49. The quantitative estimate of drug-likeness (QED) is 0.804. The molecule has 1 aliphatic rings. The Hall–Kier alpha value is -1.16. The van der Waals surface area contributed by atoms with Crippen molar-refractivity contribution in [3.63, 3.8) is 0 Å². The summed E-state index contributed by atoms with van der Waals surface area (Å²) >= 11 is 0. The van der Waals surface area contributed by atoms with E-state index in [1.54, 1.807) is 0 Å². The molecular formula is C15H25FN2O. The van der Waals surface area contributed by atoms with Crippen LogP contribution < -0.4 is 5.32 Å². The van der Waals surface area contributed by atoms with Gasteiger partial charge in [0.25, 0.3) is 0 Å². The van der Waals surface area contributed by atoms with E-state index in [4.69, 9.17) is 0 Å². The molecule has 108 valence electrons. The van der Waals surface area contributed by atoms with Crippen LogP contribution in [0, 0.1) is 5.92 Å². The molecule has 1 N–H and O–H groups in total. The van der Waals surface area contributed by atoms with Crippen LogP contribution in [0.5, 0.6) is 0 Å². The number of hydrogen-bond acceptors (Lipinski definition) is 3. The van der Waals surface area contributed by atoms with Crippen LogP contribution in [0.1, 0.15) is 33.6 Å². The monoisotopic (exact) mass is 268 g/mol. The van der Waals surface area contributed by atoms with E-state index >= 15 is 0 Å². The molecule has 0 spiro atoms. The van der Waals surface area contributed by atoms with Crippen LogP contribution in [-0.4, -0.2) is 36.9 Å². The van der Waals surface area contributed by atoms with Crippen LogP contribution in [0.25, 0.3) is 0 Å². The van der Waals surface area contributed by atoms with Gasteiger partial charge in [0.1, 0.15) is 5.78 Å². The molecule has 0 radical (unpaired) electrons. The Bertz CT molecular complexity index is 353. The summed E-state index contributed by atoms with van der Waals surface area (Å²) in [5, 5.41) is 3.32. The Kier molecular flexibility index (Phi) is 6.78. The van der Waals surface area contributed by atoms with Gasteiger partial charge < -0.3 is 10.2 Å². The van der Waals surface area contributed by atoms with Crippen LogP contribution in [0.2, 0.25) is 0 Å². The number of carbonyl (C=O) groups excluding carboxylic acids is 1. The molecule has 1 fully saturated rings. The van der Waals surface area contributed by atoms with Gasteiger partial charge in [-0.3, -0.25) is 4.79 Å². The molecule has 3 nitrogen and oxygen atoms in total. The first-order valence-corrected chi connectivity index (χ1v) is 6.97. The lowest BCUT2D eigenvalue weighted by Crippen LogP contribution is -2.42. The summed E-state index contributed by atoms with van der Waals surface area (Å²) in [7, 11) is 0. The Labute approximate surface area is 115 Å². The molecule has 1 heterocycles. The topological polar surface area (TPSA) is 32.3 Å². The summed E-state index contributed by atoms with van der Waals surface area (Å²) in [5.41, 5.74) is 1.25. The van der Waals surface area contributed by atoms with Gasteiger partial charge in [-0.1, -0.05) is 6.08 Å². The van der Waals surface area contributed by atoms with Gasteiger partial charge >= 0.3 is 0 Å². The summed E-state index contributed by atoms with van der Waals surface area (Å²) in [6.07, 6.45) is 5.07. The van der Waals surface area contributed by atoms with Gasteiger partial charge in [0.05, 0.1) is 5.83 Å². The van der Waals surface area contributed by atoms with E-state index in [2.05, 4.69) is 23.2 Å². The first-order chi connectivity index (χ1) is 9.00. The van der Waals surface area contributed by atoms with E-state index in [-0.39, 0.29) is 17.5 Å². The van der Waals surface area contributed by atoms with Crippen molar-refractivity contribution >= 4 is 5.78 Å². The Morgan fingerprint density at radius 1 is 1.32 bits per heavy atom. The number of piperazine rings is 1. The zero-order chi connectivity index (χ0) is 14.3. The summed E-state index contributed by atoms with van der Waals surface area (Å²) in [4.78, 5) is 13.7. The van der Waals surface area contributed by atoms with E-state index < -0.39 is 0 Å². The molecule has 0 aromatic heterocycles. The Balaban J connectivity index is 2.45. The van der Waals surface area contributed by atoms with Crippen molar-refractivity contribution in [3.05, 3.63) is 23.7 Å². The highest BCUT2D eigenvalue weighted by atomic mass is 19.1. The minimum Gasteiger partial charge on any atom is -0.373 e. The molecule has 1 atom stereocenters. The predicted molar refractivity (Wildman–Crippen MR) is 76.5 cm³/mol. The van der Waals surface area contributed by atoms with Gasteiger partial charge in [0, 0.05) is 37.8 Å². The van der Waals surface area contributed by atoms with Gasteiger partial charge in [0.15, 0.2) is 0 Å². The van der Waals surface area contributed by atoms with Crippen molar-refractivity contribution in [2.45, 2.75) is 33.6 Å². The lowest BCUT2D eigenvalue weighted by Gasteiger charge is -2.30. The van der Waals surface area contributed by atoms with Crippen molar-refractivity contribution in [1.29, 1.82) is 0 Å². The second kappa shape index (κ2) is 8.10. The standard InChI is InChI=1S/C15H25FN2O/c1-12(16)11-15(14(3)19)6-4-5-13(2)18-9-7-17-8-10-18/h5,11,15,17H,4,6-10H2,1-3H3/b12-11+,13-5+. The second-order valence-electron chi connectivity index (χ2n) is 5.13. The fourth-order valence-electron chi connectivity index (χ4n) is 2.30. The van der Waals surface area contributed by atoms with E-state index in [9.17, 15) is 9.18 Å². The van der Waals surface area contributed by atoms with Crippen molar-refractivity contribution < 1.29 is 9.18 Å². The number of rotatable bonds is 6. The number of ketones is 1. The maximum Gasteiger partial charge on any atom is 0.136 e. The number of Topliss-reactive ketones (excluding diaryl/α,β-unsaturated/α-hetero) is 1.